The number of halogens is 7. The molecule has 0 aliphatic heterocycles. The van der Waals surface area contributed by atoms with Crippen LogP contribution in [-0.4, -0.2) is 3.42 Å². The standard InChI is InChI=1S/C16H19F6I/c1-9(2)5-13(14(3,4)23)10-6-11(15(17,18)19)8-12(7-10)16(20,21)22/h6-9,13H,5H2,1-4H3. The molecular weight excluding hydrogens is 433 g/mol. The predicted octanol–water partition coefficient (Wildman–Crippen LogP) is 7.07. The largest absolute Gasteiger partial charge is 0.416 e. The minimum absolute atomic E-state index is 0.0836. The van der Waals surface area contributed by atoms with Crippen molar-refractivity contribution in [3.05, 3.63) is 34.9 Å². The number of rotatable bonds is 4. The minimum Gasteiger partial charge on any atom is -0.166 e. The quantitative estimate of drug-likeness (QED) is 0.261. The monoisotopic (exact) mass is 452 g/mol. The van der Waals surface area contributed by atoms with Crippen LogP contribution < -0.4 is 0 Å². The van der Waals surface area contributed by atoms with Crippen molar-refractivity contribution >= 4 is 22.6 Å². The van der Waals surface area contributed by atoms with E-state index < -0.39 is 32.8 Å². The third-order valence-corrected chi connectivity index (χ3v) is 4.30. The van der Waals surface area contributed by atoms with Crippen LogP contribution in [0.25, 0.3) is 0 Å². The summed E-state index contributed by atoms with van der Waals surface area (Å²) in [5, 5.41) is 0. The van der Waals surface area contributed by atoms with Crippen LogP contribution in [0.4, 0.5) is 26.3 Å². The zero-order valence-electron chi connectivity index (χ0n) is 13.2. The third-order valence-electron chi connectivity index (χ3n) is 3.55. The summed E-state index contributed by atoms with van der Waals surface area (Å²) in [5.74, 6) is -0.260. The summed E-state index contributed by atoms with van der Waals surface area (Å²) in [7, 11) is 0. The first-order valence-corrected chi connectivity index (χ1v) is 8.18. The van der Waals surface area contributed by atoms with Crippen LogP contribution in [0, 0.1) is 5.92 Å². The normalized spacial score (nSPS) is 15.1. The lowest BCUT2D eigenvalue weighted by Crippen LogP contribution is -2.24. The first kappa shape index (κ1) is 20.6. The fourth-order valence-electron chi connectivity index (χ4n) is 2.46. The van der Waals surface area contributed by atoms with E-state index in [-0.39, 0.29) is 17.5 Å². The molecule has 0 saturated carbocycles. The molecule has 0 aliphatic rings. The van der Waals surface area contributed by atoms with Crippen LogP contribution in [0.1, 0.15) is 56.7 Å². The van der Waals surface area contributed by atoms with Gasteiger partial charge >= 0.3 is 12.4 Å². The van der Waals surface area contributed by atoms with Gasteiger partial charge in [0.05, 0.1) is 11.1 Å². The number of hydrogen-bond acceptors (Lipinski definition) is 0. The van der Waals surface area contributed by atoms with Gasteiger partial charge in [0.15, 0.2) is 0 Å². The maximum Gasteiger partial charge on any atom is 0.416 e. The van der Waals surface area contributed by atoms with Gasteiger partial charge in [-0.1, -0.05) is 50.3 Å². The number of benzene rings is 1. The van der Waals surface area contributed by atoms with Crippen LogP contribution in [0.3, 0.4) is 0 Å². The first-order valence-electron chi connectivity index (χ1n) is 7.10. The molecule has 1 aromatic rings. The summed E-state index contributed by atoms with van der Waals surface area (Å²) in [6.45, 7) is 7.42. The molecular formula is C16H19F6I. The van der Waals surface area contributed by atoms with Crippen molar-refractivity contribution in [2.24, 2.45) is 5.92 Å². The van der Waals surface area contributed by atoms with Crippen LogP contribution in [-0.2, 0) is 12.4 Å². The van der Waals surface area contributed by atoms with E-state index in [1.165, 1.54) is 0 Å². The zero-order valence-corrected chi connectivity index (χ0v) is 15.4. The van der Waals surface area contributed by atoms with E-state index in [1.807, 2.05) is 27.7 Å². The molecule has 0 amide bonds. The summed E-state index contributed by atoms with van der Waals surface area (Å²) < 4.78 is 77.5. The molecule has 0 N–H and O–H groups in total. The highest BCUT2D eigenvalue weighted by molar-refractivity contribution is 14.1. The SMILES string of the molecule is CC(C)CC(c1cc(C(F)(F)F)cc(C(F)(F)F)c1)C(C)(C)I. The molecule has 132 valence electrons. The van der Waals surface area contributed by atoms with E-state index in [0.717, 1.165) is 12.1 Å². The molecule has 0 aliphatic carbocycles. The van der Waals surface area contributed by atoms with Crippen LogP contribution in [0.15, 0.2) is 18.2 Å². The van der Waals surface area contributed by atoms with Crippen LogP contribution in [0.5, 0.6) is 0 Å². The molecule has 7 heteroatoms. The van der Waals surface area contributed by atoms with E-state index in [2.05, 4.69) is 22.6 Å². The molecule has 23 heavy (non-hydrogen) atoms. The lowest BCUT2D eigenvalue weighted by atomic mass is 9.81. The fraction of sp³-hybridized carbons (Fsp3) is 0.625. The third kappa shape index (κ3) is 5.83. The van der Waals surface area contributed by atoms with Crippen LogP contribution >= 0.6 is 22.6 Å². The highest BCUT2D eigenvalue weighted by Crippen LogP contribution is 2.44. The second-order valence-electron chi connectivity index (χ2n) is 6.59. The van der Waals surface area contributed by atoms with E-state index in [4.69, 9.17) is 0 Å². The highest BCUT2D eigenvalue weighted by atomic mass is 127. The second kappa shape index (κ2) is 6.80. The summed E-state index contributed by atoms with van der Waals surface area (Å²) in [6.07, 6.45) is -9.11. The van der Waals surface area contributed by atoms with Gasteiger partial charge in [0.2, 0.25) is 0 Å². The van der Waals surface area contributed by atoms with Gasteiger partial charge in [0.1, 0.15) is 0 Å². The Bertz CT molecular complexity index is 505. The van der Waals surface area contributed by atoms with E-state index in [9.17, 15) is 26.3 Å². The molecule has 1 atom stereocenters. The van der Waals surface area contributed by atoms with Crippen LogP contribution in [0.2, 0.25) is 0 Å². The van der Waals surface area contributed by atoms with Crippen molar-refractivity contribution in [1.82, 2.24) is 0 Å². The number of hydrogen-bond donors (Lipinski definition) is 0. The Hall–Kier alpha value is -0.470. The molecule has 0 saturated heterocycles. The van der Waals surface area contributed by atoms with Gasteiger partial charge in [0, 0.05) is 3.42 Å². The maximum atomic E-state index is 13.0. The van der Waals surface area contributed by atoms with Crippen molar-refractivity contribution in [2.75, 3.05) is 0 Å². The van der Waals surface area contributed by atoms with Gasteiger partial charge in [-0.15, -0.1) is 0 Å². The van der Waals surface area contributed by atoms with E-state index in [0.29, 0.717) is 6.42 Å². The Balaban J connectivity index is 3.54. The Morgan fingerprint density at radius 3 is 1.52 bits per heavy atom. The van der Waals surface area contributed by atoms with Crippen molar-refractivity contribution in [1.29, 1.82) is 0 Å². The smallest absolute Gasteiger partial charge is 0.166 e. The molecule has 0 aromatic heterocycles. The Morgan fingerprint density at radius 2 is 1.26 bits per heavy atom. The van der Waals surface area contributed by atoms with E-state index >= 15 is 0 Å². The Morgan fingerprint density at radius 1 is 0.870 bits per heavy atom. The van der Waals surface area contributed by atoms with Crippen molar-refractivity contribution in [3.63, 3.8) is 0 Å². The summed E-state index contributed by atoms with van der Waals surface area (Å²) in [5.41, 5.74) is -2.42. The lowest BCUT2D eigenvalue weighted by Gasteiger charge is -2.32. The van der Waals surface area contributed by atoms with Gasteiger partial charge in [-0.05, 0) is 42.0 Å². The predicted molar refractivity (Wildman–Crippen MR) is 86.7 cm³/mol. The lowest BCUT2D eigenvalue weighted by molar-refractivity contribution is -0.143. The molecule has 1 aromatic carbocycles. The summed E-state index contributed by atoms with van der Waals surface area (Å²) >= 11 is 2.08. The van der Waals surface area contributed by atoms with Crippen molar-refractivity contribution < 1.29 is 26.3 Å². The fourth-order valence-corrected chi connectivity index (χ4v) is 3.08. The van der Waals surface area contributed by atoms with Crippen molar-refractivity contribution in [3.8, 4) is 0 Å². The van der Waals surface area contributed by atoms with Gasteiger partial charge in [-0.2, -0.15) is 26.3 Å². The maximum absolute atomic E-state index is 13.0. The topological polar surface area (TPSA) is 0 Å². The van der Waals surface area contributed by atoms with Gasteiger partial charge in [0.25, 0.3) is 0 Å². The van der Waals surface area contributed by atoms with E-state index in [1.54, 1.807) is 0 Å². The first-order chi connectivity index (χ1) is 10.1. The van der Waals surface area contributed by atoms with Gasteiger partial charge < -0.3 is 0 Å². The molecule has 0 spiro atoms. The molecule has 0 nitrogen and oxygen atoms in total. The Labute approximate surface area is 145 Å². The van der Waals surface area contributed by atoms with Gasteiger partial charge in [-0.25, -0.2) is 0 Å². The molecule has 0 fully saturated rings. The summed E-state index contributed by atoms with van der Waals surface area (Å²) in [6, 6.07) is 1.88. The molecule has 1 unspecified atom stereocenters. The Kier molecular flexibility index (Phi) is 6.08. The zero-order chi connectivity index (χ0) is 18.2. The van der Waals surface area contributed by atoms with Gasteiger partial charge in [-0.3, -0.25) is 0 Å². The molecule has 0 bridgehead atoms. The van der Waals surface area contributed by atoms with Crippen molar-refractivity contribution in [2.45, 2.75) is 55.8 Å². The molecule has 1 rings (SSSR count). The average molecular weight is 452 g/mol. The average Bonchev–Trinajstić information content (AvgIpc) is 2.31. The molecule has 0 heterocycles. The summed E-state index contributed by atoms with van der Waals surface area (Å²) in [4.78, 5) is 0. The minimum atomic E-state index is -4.81. The second-order valence-corrected chi connectivity index (χ2v) is 9.37. The highest BCUT2D eigenvalue weighted by Gasteiger charge is 2.39. The molecule has 0 radical (unpaired) electrons. The number of alkyl halides is 7.